The number of nitrogens with one attached hydrogen (secondary N) is 1. The number of carboxylic acid groups (broad SMARTS) is 1. The van der Waals surface area contributed by atoms with E-state index in [2.05, 4.69) is 4.98 Å². The van der Waals surface area contributed by atoms with Gasteiger partial charge in [-0.05, 0) is 12.8 Å². The lowest BCUT2D eigenvalue weighted by Crippen LogP contribution is -2.39. The molecule has 7 heteroatoms. The van der Waals surface area contributed by atoms with Crippen LogP contribution in [-0.2, 0) is 0 Å². The van der Waals surface area contributed by atoms with E-state index in [1.54, 1.807) is 0 Å². The zero-order valence-corrected chi connectivity index (χ0v) is 9.09. The summed E-state index contributed by atoms with van der Waals surface area (Å²) in [4.78, 5) is 26.0. The number of nitriles is 1. The van der Waals surface area contributed by atoms with Crippen molar-refractivity contribution in [2.75, 3.05) is 13.1 Å². The second-order valence-electron chi connectivity index (χ2n) is 3.99. The van der Waals surface area contributed by atoms with Gasteiger partial charge >= 0.3 is 11.8 Å². The SMILES string of the molecule is N#Cc1cn(C2CCN(C(=O)O)CC2)c(=O)[nH]1. The van der Waals surface area contributed by atoms with E-state index in [0.717, 1.165) is 0 Å². The molecule has 0 saturated carbocycles. The van der Waals surface area contributed by atoms with Gasteiger partial charge in [-0.3, -0.25) is 9.55 Å². The predicted octanol–water partition coefficient (Wildman–Crippen LogP) is 0.363. The van der Waals surface area contributed by atoms with Gasteiger partial charge < -0.3 is 10.0 Å². The lowest BCUT2D eigenvalue weighted by atomic mass is 10.1. The van der Waals surface area contributed by atoms with Crippen molar-refractivity contribution in [1.82, 2.24) is 14.5 Å². The Morgan fingerprint density at radius 1 is 1.53 bits per heavy atom. The first-order chi connectivity index (χ1) is 8.11. The van der Waals surface area contributed by atoms with E-state index in [-0.39, 0.29) is 17.4 Å². The molecule has 1 fully saturated rings. The van der Waals surface area contributed by atoms with Crippen molar-refractivity contribution in [3.8, 4) is 6.07 Å². The average molecular weight is 236 g/mol. The number of piperidine rings is 1. The molecule has 0 radical (unpaired) electrons. The molecule has 0 unspecified atom stereocenters. The van der Waals surface area contributed by atoms with E-state index in [9.17, 15) is 9.59 Å². The van der Waals surface area contributed by atoms with Gasteiger partial charge in [0.1, 0.15) is 11.8 Å². The van der Waals surface area contributed by atoms with Gasteiger partial charge in [0.2, 0.25) is 0 Å². The minimum Gasteiger partial charge on any atom is -0.465 e. The van der Waals surface area contributed by atoms with Crippen LogP contribution < -0.4 is 5.69 Å². The van der Waals surface area contributed by atoms with Crippen molar-refractivity contribution < 1.29 is 9.90 Å². The van der Waals surface area contributed by atoms with E-state index in [4.69, 9.17) is 10.4 Å². The van der Waals surface area contributed by atoms with Gasteiger partial charge in [0.15, 0.2) is 0 Å². The van der Waals surface area contributed by atoms with Gasteiger partial charge in [0.05, 0.1) is 0 Å². The number of aromatic nitrogens is 2. The predicted molar refractivity (Wildman–Crippen MR) is 57.6 cm³/mol. The van der Waals surface area contributed by atoms with Crippen molar-refractivity contribution in [1.29, 1.82) is 5.26 Å². The summed E-state index contributed by atoms with van der Waals surface area (Å²) >= 11 is 0. The third kappa shape index (κ3) is 2.15. The second kappa shape index (κ2) is 4.33. The van der Waals surface area contributed by atoms with E-state index in [1.165, 1.54) is 15.7 Å². The molecule has 17 heavy (non-hydrogen) atoms. The van der Waals surface area contributed by atoms with Gasteiger partial charge in [0.25, 0.3) is 0 Å². The van der Waals surface area contributed by atoms with Crippen LogP contribution in [0, 0.1) is 11.3 Å². The molecule has 0 spiro atoms. The summed E-state index contributed by atoms with van der Waals surface area (Å²) in [6.07, 6.45) is 1.75. The van der Waals surface area contributed by atoms with Crippen molar-refractivity contribution >= 4 is 6.09 Å². The minimum absolute atomic E-state index is 0.0311. The number of aromatic amines is 1. The Bertz CT molecular complexity index is 516. The Hall–Kier alpha value is -2.23. The molecule has 0 aliphatic carbocycles. The molecule has 2 N–H and O–H groups in total. The first-order valence-electron chi connectivity index (χ1n) is 5.31. The van der Waals surface area contributed by atoms with Crippen molar-refractivity contribution in [3.05, 3.63) is 22.4 Å². The number of amides is 1. The van der Waals surface area contributed by atoms with Gasteiger partial charge in [-0.2, -0.15) is 5.26 Å². The Morgan fingerprint density at radius 3 is 2.65 bits per heavy atom. The summed E-state index contributed by atoms with van der Waals surface area (Å²) in [5.41, 5.74) is -0.0778. The third-order valence-corrected chi connectivity index (χ3v) is 2.99. The zero-order valence-electron chi connectivity index (χ0n) is 9.09. The Labute approximate surface area is 96.9 Å². The highest BCUT2D eigenvalue weighted by Gasteiger charge is 2.24. The fourth-order valence-electron chi connectivity index (χ4n) is 2.07. The number of hydrogen-bond acceptors (Lipinski definition) is 3. The molecule has 1 aromatic heterocycles. The van der Waals surface area contributed by atoms with Crippen LogP contribution in [0.4, 0.5) is 4.79 Å². The van der Waals surface area contributed by atoms with Crippen LogP contribution in [-0.4, -0.2) is 38.7 Å². The van der Waals surface area contributed by atoms with E-state index >= 15 is 0 Å². The van der Waals surface area contributed by atoms with Gasteiger partial charge in [0, 0.05) is 25.3 Å². The molecular weight excluding hydrogens is 224 g/mol. The van der Waals surface area contributed by atoms with Gasteiger partial charge in [-0.1, -0.05) is 0 Å². The lowest BCUT2D eigenvalue weighted by molar-refractivity contribution is 0.125. The summed E-state index contributed by atoms with van der Waals surface area (Å²) < 4.78 is 1.48. The maximum atomic E-state index is 11.5. The molecule has 2 heterocycles. The van der Waals surface area contributed by atoms with Crippen LogP contribution in [0.15, 0.2) is 11.0 Å². The monoisotopic (exact) mass is 236 g/mol. The molecule has 0 aromatic carbocycles. The molecule has 1 aromatic rings. The average Bonchev–Trinajstić information content (AvgIpc) is 2.71. The van der Waals surface area contributed by atoms with Crippen LogP contribution in [0.25, 0.3) is 0 Å². The molecule has 1 aliphatic rings. The van der Waals surface area contributed by atoms with Crippen LogP contribution in [0.1, 0.15) is 24.6 Å². The number of carbonyl (C=O) groups is 1. The van der Waals surface area contributed by atoms with E-state index < -0.39 is 6.09 Å². The number of nitrogens with zero attached hydrogens (tertiary/aromatic N) is 3. The molecule has 2 rings (SSSR count). The molecule has 1 aliphatic heterocycles. The van der Waals surface area contributed by atoms with Gasteiger partial charge in [-0.25, -0.2) is 9.59 Å². The summed E-state index contributed by atoms with van der Waals surface area (Å²) in [6, 6.07) is 1.84. The van der Waals surface area contributed by atoms with Gasteiger partial charge in [-0.15, -0.1) is 0 Å². The summed E-state index contributed by atoms with van der Waals surface area (Å²) in [7, 11) is 0. The van der Waals surface area contributed by atoms with Crippen LogP contribution >= 0.6 is 0 Å². The Kier molecular flexibility index (Phi) is 2.87. The molecular formula is C10H12N4O3. The zero-order chi connectivity index (χ0) is 12.4. The Morgan fingerprint density at radius 2 is 2.18 bits per heavy atom. The van der Waals surface area contributed by atoms with Crippen LogP contribution in [0.2, 0.25) is 0 Å². The maximum absolute atomic E-state index is 11.5. The normalized spacial score (nSPS) is 16.8. The van der Waals surface area contributed by atoms with Crippen LogP contribution in [0.3, 0.4) is 0 Å². The smallest absolute Gasteiger partial charge is 0.407 e. The topological polar surface area (TPSA) is 102 Å². The molecule has 1 saturated heterocycles. The molecule has 0 bridgehead atoms. The number of imidazole rings is 1. The highest BCUT2D eigenvalue weighted by Crippen LogP contribution is 2.21. The van der Waals surface area contributed by atoms with Crippen molar-refractivity contribution in [3.63, 3.8) is 0 Å². The third-order valence-electron chi connectivity index (χ3n) is 2.99. The lowest BCUT2D eigenvalue weighted by Gasteiger charge is -2.30. The highest BCUT2D eigenvalue weighted by atomic mass is 16.4. The maximum Gasteiger partial charge on any atom is 0.407 e. The number of H-pyrrole nitrogens is 1. The fraction of sp³-hybridized carbons (Fsp3) is 0.500. The first kappa shape index (κ1) is 11.3. The fourth-order valence-corrected chi connectivity index (χ4v) is 2.07. The summed E-state index contributed by atoms with van der Waals surface area (Å²) in [5.74, 6) is 0. The largest absolute Gasteiger partial charge is 0.465 e. The van der Waals surface area contributed by atoms with E-state index in [0.29, 0.717) is 25.9 Å². The number of hydrogen-bond donors (Lipinski definition) is 2. The summed E-state index contributed by atoms with van der Waals surface area (Å²) in [5, 5.41) is 17.5. The van der Waals surface area contributed by atoms with E-state index in [1.807, 2.05) is 6.07 Å². The van der Waals surface area contributed by atoms with Crippen LogP contribution in [0.5, 0.6) is 0 Å². The molecule has 90 valence electrons. The standard InChI is InChI=1S/C10H12N4O3/c11-5-7-6-14(9(15)12-7)8-1-3-13(4-2-8)10(16)17/h6,8H,1-4H2,(H,12,15)(H,16,17). The first-order valence-corrected chi connectivity index (χ1v) is 5.31. The summed E-state index contributed by atoms with van der Waals surface area (Å²) in [6.45, 7) is 0.832. The van der Waals surface area contributed by atoms with Crippen molar-refractivity contribution in [2.45, 2.75) is 18.9 Å². The van der Waals surface area contributed by atoms with Crippen molar-refractivity contribution in [2.24, 2.45) is 0 Å². The molecule has 1 amide bonds. The Balaban J connectivity index is 2.11. The number of likely N-dealkylation sites (tertiary alicyclic amines) is 1. The second-order valence-corrected chi connectivity index (χ2v) is 3.99. The highest BCUT2D eigenvalue weighted by molar-refractivity contribution is 5.64. The molecule has 0 atom stereocenters. The minimum atomic E-state index is -0.928. The quantitative estimate of drug-likeness (QED) is 0.734. The molecule has 7 nitrogen and oxygen atoms in total. The number of rotatable bonds is 1.